The molecule has 0 atom stereocenters. The Morgan fingerprint density at radius 1 is 1.53 bits per heavy atom. The van der Waals surface area contributed by atoms with Gasteiger partial charge in [-0.2, -0.15) is 0 Å². The second-order valence-corrected chi connectivity index (χ2v) is 3.32. The predicted octanol–water partition coefficient (Wildman–Crippen LogP) is 2.26. The molecule has 0 radical (unpaired) electrons. The Balaban J connectivity index is 2.52. The highest BCUT2D eigenvalue weighted by molar-refractivity contribution is 5.87. The number of phenolic OH excluding ortho intramolecular Hbond substituents is 1. The molecule has 5 heteroatoms. The molecule has 2 rings (SSSR count). The van der Waals surface area contributed by atoms with Crippen molar-refractivity contribution >= 4 is 6.29 Å². The number of aldehydes is 1. The molecule has 5 nitrogen and oxygen atoms in total. The maximum absolute atomic E-state index is 10.8. The highest BCUT2D eigenvalue weighted by Gasteiger charge is 2.16. The van der Waals surface area contributed by atoms with E-state index in [0.29, 0.717) is 29.9 Å². The summed E-state index contributed by atoms with van der Waals surface area (Å²) in [5, 5.41) is 13.7. The van der Waals surface area contributed by atoms with Crippen LogP contribution in [-0.2, 0) is 0 Å². The van der Waals surface area contributed by atoms with Crippen LogP contribution in [0.4, 0.5) is 0 Å². The first kappa shape index (κ1) is 11.2. The summed E-state index contributed by atoms with van der Waals surface area (Å²) >= 11 is 0. The maximum Gasteiger partial charge on any atom is 0.167 e. The van der Waals surface area contributed by atoms with Gasteiger partial charge in [0.2, 0.25) is 0 Å². The van der Waals surface area contributed by atoms with E-state index >= 15 is 0 Å². The molecule has 0 saturated heterocycles. The third kappa shape index (κ3) is 1.99. The van der Waals surface area contributed by atoms with Gasteiger partial charge >= 0.3 is 0 Å². The molecule has 0 fully saturated rings. The molecule has 0 saturated carbocycles. The van der Waals surface area contributed by atoms with Crippen LogP contribution in [0.5, 0.6) is 11.5 Å². The summed E-state index contributed by atoms with van der Waals surface area (Å²) in [6, 6.07) is 5.00. The monoisotopic (exact) mass is 233 g/mol. The van der Waals surface area contributed by atoms with Crippen molar-refractivity contribution in [1.82, 2.24) is 5.16 Å². The number of aromatic nitrogens is 1. The quantitative estimate of drug-likeness (QED) is 0.820. The lowest BCUT2D eigenvalue weighted by Gasteiger charge is -2.08. The van der Waals surface area contributed by atoms with Gasteiger partial charge in [0.25, 0.3) is 0 Å². The first-order valence-electron chi connectivity index (χ1n) is 5.12. The van der Waals surface area contributed by atoms with Crippen LogP contribution in [0, 0.1) is 0 Å². The lowest BCUT2D eigenvalue weighted by atomic mass is 10.1. The minimum absolute atomic E-state index is 0.0497. The van der Waals surface area contributed by atoms with Crippen molar-refractivity contribution in [3.8, 4) is 22.8 Å². The Morgan fingerprint density at radius 3 is 3.06 bits per heavy atom. The van der Waals surface area contributed by atoms with Crippen LogP contribution in [0.15, 0.2) is 29.0 Å². The zero-order valence-electron chi connectivity index (χ0n) is 9.21. The van der Waals surface area contributed by atoms with Gasteiger partial charge in [0.1, 0.15) is 12.0 Å². The van der Waals surface area contributed by atoms with Crippen molar-refractivity contribution in [2.24, 2.45) is 0 Å². The molecular weight excluding hydrogens is 222 g/mol. The van der Waals surface area contributed by atoms with Gasteiger partial charge in [0, 0.05) is 0 Å². The average Bonchev–Trinajstić information content (AvgIpc) is 2.80. The summed E-state index contributed by atoms with van der Waals surface area (Å²) in [6.07, 6.45) is 1.85. The van der Waals surface area contributed by atoms with E-state index in [0.717, 1.165) is 0 Å². The van der Waals surface area contributed by atoms with Gasteiger partial charge in [-0.3, -0.25) is 4.79 Å². The molecule has 0 unspecified atom stereocenters. The molecule has 1 aromatic carbocycles. The van der Waals surface area contributed by atoms with Crippen LogP contribution in [0.3, 0.4) is 0 Å². The predicted molar refractivity (Wildman–Crippen MR) is 60.2 cm³/mol. The van der Waals surface area contributed by atoms with Crippen molar-refractivity contribution < 1.29 is 19.2 Å². The normalized spacial score (nSPS) is 10.2. The minimum atomic E-state index is -0.0497. The first-order valence-corrected chi connectivity index (χ1v) is 5.12. The van der Waals surface area contributed by atoms with Crippen LogP contribution in [0.1, 0.15) is 17.3 Å². The largest absolute Gasteiger partial charge is 0.504 e. The number of carbonyl (C=O) groups excluding carboxylic acids is 1. The Morgan fingerprint density at radius 2 is 2.35 bits per heavy atom. The number of carbonyl (C=O) groups is 1. The van der Waals surface area contributed by atoms with E-state index in [9.17, 15) is 9.90 Å². The van der Waals surface area contributed by atoms with Crippen LogP contribution in [0.2, 0.25) is 0 Å². The fourth-order valence-electron chi connectivity index (χ4n) is 1.52. The summed E-state index contributed by atoms with van der Waals surface area (Å²) < 4.78 is 9.96. The lowest BCUT2D eigenvalue weighted by Crippen LogP contribution is -1.93. The van der Waals surface area contributed by atoms with Crippen LogP contribution < -0.4 is 4.74 Å². The number of hydrogen-bond donors (Lipinski definition) is 1. The summed E-state index contributed by atoms with van der Waals surface area (Å²) in [7, 11) is 0. The van der Waals surface area contributed by atoms with Gasteiger partial charge in [-0.05, 0) is 19.1 Å². The van der Waals surface area contributed by atoms with Crippen molar-refractivity contribution in [2.45, 2.75) is 6.92 Å². The number of hydrogen-bond acceptors (Lipinski definition) is 5. The number of aromatic hydroxyl groups is 1. The summed E-state index contributed by atoms with van der Waals surface area (Å²) in [4.78, 5) is 10.8. The van der Waals surface area contributed by atoms with E-state index in [-0.39, 0.29) is 11.3 Å². The molecule has 0 aliphatic carbocycles. The van der Waals surface area contributed by atoms with E-state index in [1.54, 1.807) is 18.2 Å². The Labute approximate surface area is 97.6 Å². The number of ether oxygens (including phenoxy) is 1. The fraction of sp³-hybridized carbons (Fsp3) is 0.167. The molecule has 17 heavy (non-hydrogen) atoms. The molecule has 88 valence electrons. The number of benzene rings is 1. The van der Waals surface area contributed by atoms with Gasteiger partial charge in [-0.15, -0.1) is 0 Å². The maximum atomic E-state index is 10.8. The molecular formula is C12H11NO4. The smallest absolute Gasteiger partial charge is 0.167 e. The third-order valence-corrected chi connectivity index (χ3v) is 2.28. The van der Waals surface area contributed by atoms with Gasteiger partial charge in [0.05, 0.1) is 17.7 Å². The molecule has 0 amide bonds. The van der Waals surface area contributed by atoms with Crippen molar-refractivity contribution in [2.75, 3.05) is 6.61 Å². The summed E-state index contributed by atoms with van der Waals surface area (Å²) in [5.41, 5.74) is 1.000. The van der Waals surface area contributed by atoms with Gasteiger partial charge in [0.15, 0.2) is 17.8 Å². The molecule has 1 heterocycles. The highest BCUT2D eigenvalue weighted by atomic mass is 16.5. The van der Waals surface area contributed by atoms with Crippen LogP contribution >= 0.6 is 0 Å². The van der Waals surface area contributed by atoms with Crippen LogP contribution in [0.25, 0.3) is 11.3 Å². The molecule has 0 spiro atoms. The van der Waals surface area contributed by atoms with Gasteiger partial charge in [-0.1, -0.05) is 11.2 Å². The van der Waals surface area contributed by atoms with Gasteiger partial charge in [-0.25, -0.2) is 0 Å². The zero-order valence-corrected chi connectivity index (χ0v) is 9.21. The molecule has 0 aliphatic rings. The Kier molecular flexibility index (Phi) is 3.09. The van der Waals surface area contributed by atoms with E-state index in [4.69, 9.17) is 9.26 Å². The topological polar surface area (TPSA) is 72.6 Å². The number of para-hydroxylation sites is 1. The number of phenols is 1. The molecule has 1 aromatic heterocycles. The second kappa shape index (κ2) is 4.69. The SMILES string of the molecule is CCOc1cccc(-c2nocc2C=O)c1O. The zero-order chi connectivity index (χ0) is 12.3. The van der Waals surface area contributed by atoms with Gasteiger partial charge < -0.3 is 14.4 Å². The van der Waals surface area contributed by atoms with Crippen molar-refractivity contribution in [3.05, 3.63) is 30.0 Å². The highest BCUT2D eigenvalue weighted by Crippen LogP contribution is 2.37. The van der Waals surface area contributed by atoms with Crippen LogP contribution in [-0.4, -0.2) is 23.2 Å². The number of rotatable bonds is 4. The van der Waals surface area contributed by atoms with E-state index in [2.05, 4.69) is 5.16 Å². The molecule has 0 aliphatic heterocycles. The minimum Gasteiger partial charge on any atom is -0.504 e. The van der Waals surface area contributed by atoms with E-state index in [1.807, 2.05) is 6.92 Å². The molecule has 0 bridgehead atoms. The molecule has 1 N–H and O–H groups in total. The lowest BCUT2D eigenvalue weighted by molar-refractivity contribution is 0.112. The van der Waals surface area contributed by atoms with Crippen molar-refractivity contribution in [1.29, 1.82) is 0 Å². The van der Waals surface area contributed by atoms with E-state index in [1.165, 1.54) is 6.26 Å². The van der Waals surface area contributed by atoms with Crippen molar-refractivity contribution in [3.63, 3.8) is 0 Å². The molecule has 2 aromatic rings. The third-order valence-electron chi connectivity index (χ3n) is 2.28. The second-order valence-electron chi connectivity index (χ2n) is 3.32. The Hall–Kier alpha value is -2.30. The standard InChI is InChI=1S/C12H11NO4/c1-2-16-10-5-3-4-9(12(10)15)11-8(6-14)7-17-13-11/h3-7,15H,2H2,1H3. The average molecular weight is 233 g/mol. The summed E-state index contributed by atoms with van der Waals surface area (Å²) in [6.45, 7) is 2.26. The fourth-order valence-corrected chi connectivity index (χ4v) is 1.52. The van der Waals surface area contributed by atoms with E-state index < -0.39 is 0 Å². The first-order chi connectivity index (χ1) is 8.27. The summed E-state index contributed by atoms with van der Waals surface area (Å²) in [5.74, 6) is 0.302. The number of nitrogens with zero attached hydrogens (tertiary/aromatic N) is 1. The Bertz CT molecular complexity index is 533.